The van der Waals surface area contributed by atoms with Crippen molar-refractivity contribution in [1.29, 1.82) is 0 Å². The van der Waals surface area contributed by atoms with Gasteiger partial charge in [0.05, 0.1) is 19.7 Å². The van der Waals surface area contributed by atoms with Crippen molar-refractivity contribution in [3.05, 3.63) is 35.4 Å². The molecule has 1 rings (SSSR count). The van der Waals surface area contributed by atoms with Gasteiger partial charge in [-0.1, -0.05) is 30.2 Å². The predicted octanol–water partition coefficient (Wildman–Crippen LogP) is 1.35. The van der Waals surface area contributed by atoms with E-state index in [2.05, 4.69) is 5.92 Å². The van der Waals surface area contributed by atoms with Gasteiger partial charge in [0.15, 0.2) is 0 Å². The number of methoxy groups -OCH3 is 1. The van der Waals surface area contributed by atoms with Crippen LogP contribution >= 0.6 is 0 Å². The first kappa shape index (κ1) is 14.2. The highest BCUT2D eigenvalue weighted by Crippen LogP contribution is 2.12. The summed E-state index contributed by atoms with van der Waals surface area (Å²) >= 11 is 0. The zero-order valence-corrected chi connectivity index (χ0v) is 10.4. The lowest BCUT2D eigenvalue weighted by atomic mass is 10.1. The predicted molar refractivity (Wildman–Crippen MR) is 68.9 cm³/mol. The highest BCUT2D eigenvalue weighted by Gasteiger charge is 2.11. The van der Waals surface area contributed by atoms with Gasteiger partial charge in [-0.05, 0) is 11.1 Å². The van der Waals surface area contributed by atoms with Gasteiger partial charge in [0.25, 0.3) is 0 Å². The van der Waals surface area contributed by atoms with Crippen molar-refractivity contribution in [1.82, 2.24) is 4.90 Å². The molecule has 0 spiro atoms. The van der Waals surface area contributed by atoms with Gasteiger partial charge in [0, 0.05) is 13.7 Å². The van der Waals surface area contributed by atoms with E-state index in [1.165, 1.54) is 0 Å². The van der Waals surface area contributed by atoms with Crippen LogP contribution in [0, 0.1) is 12.3 Å². The second-order valence-electron chi connectivity index (χ2n) is 3.94. The van der Waals surface area contributed by atoms with E-state index in [0.717, 1.165) is 11.1 Å². The number of carboxylic acid groups (broad SMARTS) is 1. The second-order valence-corrected chi connectivity index (χ2v) is 3.94. The molecule has 0 aliphatic heterocycles. The summed E-state index contributed by atoms with van der Waals surface area (Å²) in [5.74, 6) is 1.60. The van der Waals surface area contributed by atoms with Gasteiger partial charge < -0.3 is 9.84 Å². The molecule has 0 bridgehead atoms. The molecule has 0 radical (unpaired) electrons. The zero-order chi connectivity index (χ0) is 13.4. The number of aliphatic carboxylic acids is 1. The molecular weight excluding hydrogens is 230 g/mol. The molecule has 0 aliphatic rings. The van der Waals surface area contributed by atoms with Gasteiger partial charge >= 0.3 is 5.97 Å². The first-order valence-electron chi connectivity index (χ1n) is 5.60. The van der Waals surface area contributed by atoms with E-state index in [1.807, 2.05) is 24.3 Å². The highest BCUT2D eigenvalue weighted by atomic mass is 16.5. The maximum Gasteiger partial charge on any atom is 0.317 e. The monoisotopic (exact) mass is 247 g/mol. The molecule has 18 heavy (non-hydrogen) atoms. The summed E-state index contributed by atoms with van der Waals surface area (Å²) in [6.45, 7) is 1.27. The Morgan fingerprint density at radius 2 is 2.11 bits per heavy atom. The Morgan fingerprint density at radius 3 is 2.67 bits per heavy atom. The Morgan fingerprint density at radius 1 is 1.44 bits per heavy atom. The SMILES string of the molecule is C#CCN(CC(=O)O)Cc1ccccc1COC. The molecule has 1 aromatic rings. The summed E-state index contributed by atoms with van der Waals surface area (Å²) in [6.07, 6.45) is 5.25. The van der Waals surface area contributed by atoms with Crippen LogP contribution < -0.4 is 0 Å². The molecule has 4 heteroatoms. The van der Waals surface area contributed by atoms with Gasteiger partial charge in [0.2, 0.25) is 0 Å². The number of terminal acetylenes is 1. The van der Waals surface area contributed by atoms with Crippen LogP contribution in [0.4, 0.5) is 0 Å². The molecule has 96 valence electrons. The molecular formula is C14H17NO3. The second kappa shape index (κ2) is 7.49. The number of carbonyl (C=O) groups is 1. The number of ether oxygens (including phenoxy) is 1. The van der Waals surface area contributed by atoms with E-state index >= 15 is 0 Å². The van der Waals surface area contributed by atoms with Crippen molar-refractivity contribution in [3.63, 3.8) is 0 Å². The summed E-state index contributed by atoms with van der Waals surface area (Å²) in [5.41, 5.74) is 2.09. The van der Waals surface area contributed by atoms with Gasteiger partial charge in [-0.15, -0.1) is 6.42 Å². The molecule has 0 saturated carbocycles. The van der Waals surface area contributed by atoms with Crippen LogP contribution in [-0.2, 0) is 22.7 Å². The van der Waals surface area contributed by atoms with Crippen LogP contribution in [0.25, 0.3) is 0 Å². The Hall–Kier alpha value is -1.83. The van der Waals surface area contributed by atoms with Gasteiger partial charge in [-0.3, -0.25) is 9.69 Å². The van der Waals surface area contributed by atoms with E-state index in [-0.39, 0.29) is 6.54 Å². The number of rotatable bonds is 7. The molecule has 0 unspecified atom stereocenters. The van der Waals surface area contributed by atoms with Crippen LogP contribution in [0.5, 0.6) is 0 Å². The topological polar surface area (TPSA) is 49.8 Å². The van der Waals surface area contributed by atoms with Crippen molar-refractivity contribution in [2.75, 3.05) is 20.2 Å². The van der Waals surface area contributed by atoms with Gasteiger partial charge in [0.1, 0.15) is 0 Å². The van der Waals surface area contributed by atoms with Gasteiger partial charge in [-0.25, -0.2) is 0 Å². The van der Waals surface area contributed by atoms with E-state index in [0.29, 0.717) is 19.7 Å². The zero-order valence-electron chi connectivity index (χ0n) is 10.4. The lowest BCUT2D eigenvalue weighted by Crippen LogP contribution is -2.30. The molecule has 0 aliphatic carbocycles. The lowest BCUT2D eigenvalue weighted by molar-refractivity contribution is -0.138. The Labute approximate surface area is 107 Å². The minimum atomic E-state index is -0.880. The smallest absolute Gasteiger partial charge is 0.317 e. The fourth-order valence-corrected chi connectivity index (χ4v) is 1.74. The Kier molecular flexibility index (Phi) is 5.92. The van der Waals surface area contributed by atoms with Crippen molar-refractivity contribution in [2.24, 2.45) is 0 Å². The molecule has 0 saturated heterocycles. The minimum absolute atomic E-state index is 0.0640. The normalized spacial score (nSPS) is 10.3. The van der Waals surface area contributed by atoms with E-state index in [1.54, 1.807) is 12.0 Å². The van der Waals surface area contributed by atoms with Crippen molar-refractivity contribution in [2.45, 2.75) is 13.2 Å². The molecule has 0 aromatic heterocycles. The van der Waals surface area contributed by atoms with Crippen LogP contribution in [-0.4, -0.2) is 36.2 Å². The molecule has 1 N–H and O–H groups in total. The average molecular weight is 247 g/mol. The van der Waals surface area contributed by atoms with E-state index < -0.39 is 5.97 Å². The number of carboxylic acids is 1. The maximum atomic E-state index is 10.8. The van der Waals surface area contributed by atoms with Crippen LogP contribution in [0.1, 0.15) is 11.1 Å². The van der Waals surface area contributed by atoms with Crippen molar-refractivity contribution >= 4 is 5.97 Å². The summed E-state index contributed by atoms with van der Waals surface area (Å²) in [7, 11) is 1.63. The Bertz CT molecular complexity index is 437. The highest BCUT2D eigenvalue weighted by molar-refractivity contribution is 5.69. The molecule has 1 aromatic carbocycles. The van der Waals surface area contributed by atoms with E-state index in [9.17, 15) is 4.79 Å². The van der Waals surface area contributed by atoms with Crippen molar-refractivity contribution < 1.29 is 14.6 Å². The molecule has 0 heterocycles. The third-order valence-electron chi connectivity index (χ3n) is 2.49. The summed E-state index contributed by atoms with van der Waals surface area (Å²) in [6, 6.07) is 7.78. The number of hydrogen-bond acceptors (Lipinski definition) is 3. The van der Waals surface area contributed by atoms with Crippen LogP contribution in [0.15, 0.2) is 24.3 Å². The Balaban J connectivity index is 2.79. The standard InChI is InChI=1S/C14H17NO3/c1-3-8-15(10-14(16)17)9-12-6-4-5-7-13(12)11-18-2/h1,4-7H,8-11H2,2H3,(H,16,17). The average Bonchev–Trinajstić information content (AvgIpc) is 2.31. The van der Waals surface area contributed by atoms with Crippen LogP contribution in [0.2, 0.25) is 0 Å². The molecule has 0 amide bonds. The number of benzene rings is 1. The number of nitrogens with zero attached hydrogens (tertiary/aromatic N) is 1. The maximum absolute atomic E-state index is 10.8. The van der Waals surface area contributed by atoms with E-state index in [4.69, 9.17) is 16.3 Å². The third-order valence-corrected chi connectivity index (χ3v) is 2.49. The summed E-state index contributed by atoms with van der Waals surface area (Å²) in [5, 5.41) is 8.83. The van der Waals surface area contributed by atoms with Crippen molar-refractivity contribution in [3.8, 4) is 12.3 Å². The number of hydrogen-bond donors (Lipinski definition) is 1. The third kappa shape index (κ3) is 4.58. The molecule has 0 fully saturated rings. The molecule has 0 atom stereocenters. The fourth-order valence-electron chi connectivity index (χ4n) is 1.74. The fraction of sp³-hybridized carbons (Fsp3) is 0.357. The lowest BCUT2D eigenvalue weighted by Gasteiger charge is -2.19. The minimum Gasteiger partial charge on any atom is -0.480 e. The largest absolute Gasteiger partial charge is 0.480 e. The van der Waals surface area contributed by atoms with Gasteiger partial charge in [-0.2, -0.15) is 0 Å². The molecule has 4 nitrogen and oxygen atoms in total. The summed E-state index contributed by atoms with van der Waals surface area (Å²) < 4.78 is 5.12. The quantitative estimate of drug-likeness (QED) is 0.739. The summed E-state index contributed by atoms with van der Waals surface area (Å²) in [4.78, 5) is 12.5. The first-order valence-corrected chi connectivity index (χ1v) is 5.60. The van der Waals surface area contributed by atoms with Crippen LogP contribution in [0.3, 0.4) is 0 Å². The first-order chi connectivity index (χ1) is 8.67.